The second-order valence-corrected chi connectivity index (χ2v) is 3.89. The van der Waals surface area contributed by atoms with Crippen LogP contribution in [0, 0.1) is 18.6 Å². The first kappa shape index (κ1) is 9.98. The van der Waals surface area contributed by atoms with Gasteiger partial charge in [0, 0.05) is 23.7 Å². The first-order chi connectivity index (χ1) is 7.15. The van der Waals surface area contributed by atoms with E-state index in [0.29, 0.717) is 4.77 Å². The third-order valence-corrected chi connectivity index (χ3v) is 2.24. The van der Waals surface area contributed by atoms with Crippen molar-refractivity contribution in [2.75, 3.05) is 0 Å². The van der Waals surface area contributed by atoms with Crippen molar-refractivity contribution in [3.05, 3.63) is 40.6 Å². The van der Waals surface area contributed by atoms with Crippen molar-refractivity contribution in [1.82, 2.24) is 15.0 Å². The molecule has 0 unspecified atom stereocenters. The lowest BCUT2D eigenvalue weighted by atomic mass is 10.1. The molecule has 0 atom stereocenters. The fraction of sp³-hybridized carbons (Fsp3) is 0.182. The van der Waals surface area contributed by atoms with E-state index >= 15 is 0 Å². The Bertz CT molecular complexity index is 546. The van der Waals surface area contributed by atoms with E-state index in [0.717, 1.165) is 22.5 Å². The fourth-order valence-electron chi connectivity index (χ4n) is 1.42. The molecule has 3 nitrogen and oxygen atoms in total. The maximum absolute atomic E-state index is 5.03. The van der Waals surface area contributed by atoms with Gasteiger partial charge < -0.3 is 4.98 Å². The summed E-state index contributed by atoms with van der Waals surface area (Å²) in [6, 6.07) is 4.01. The number of hydrogen-bond donors (Lipinski definition) is 1. The lowest BCUT2D eigenvalue weighted by molar-refractivity contribution is 1.08. The van der Waals surface area contributed by atoms with Gasteiger partial charge >= 0.3 is 0 Å². The zero-order chi connectivity index (χ0) is 10.8. The van der Waals surface area contributed by atoms with Crippen LogP contribution in [0.1, 0.15) is 11.3 Å². The Morgan fingerprint density at radius 2 is 2.00 bits per heavy atom. The first-order valence-corrected chi connectivity index (χ1v) is 5.06. The van der Waals surface area contributed by atoms with Crippen molar-refractivity contribution in [1.29, 1.82) is 0 Å². The highest BCUT2D eigenvalue weighted by Gasteiger charge is 2.00. The SMILES string of the molecule is Cc1cncc(-c2cc(C)[nH]c(=S)n2)c1. The molecular weight excluding hydrogens is 206 g/mol. The second kappa shape index (κ2) is 3.90. The highest BCUT2D eigenvalue weighted by atomic mass is 32.1. The van der Waals surface area contributed by atoms with E-state index in [1.165, 1.54) is 0 Å². The molecule has 1 N–H and O–H groups in total. The van der Waals surface area contributed by atoms with Crippen LogP contribution in [-0.2, 0) is 0 Å². The van der Waals surface area contributed by atoms with E-state index in [4.69, 9.17) is 12.2 Å². The Morgan fingerprint density at radius 3 is 2.67 bits per heavy atom. The monoisotopic (exact) mass is 217 g/mol. The number of hydrogen-bond acceptors (Lipinski definition) is 3. The zero-order valence-electron chi connectivity index (χ0n) is 8.61. The van der Waals surface area contributed by atoms with Crippen molar-refractivity contribution in [2.24, 2.45) is 0 Å². The lowest BCUT2D eigenvalue weighted by Gasteiger charge is -2.02. The Kier molecular flexibility index (Phi) is 2.60. The molecule has 0 aliphatic heterocycles. The van der Waals surface area contributed by atoms with Crippen LogP contribution >= 0.6 is 12.2 Å². The summed E-state index contributed by atoms with van der Waals surface area (Å²) in [5.74, 6) is 0. The average molecular weight is 217 g/mol. The molecule has 0 amide bonds. The molecule has 4 heteroatoms. The molecular formula is C11H11N3S. The number of nitrogens with zero attached hydrogens (tertiary/aromatic N) is 2. The number of pyridine rings is 1. The van der Waals surface area contributed by atoms with E-state index in [1.807, 2.05) is 32.2 Å². The molecule has 0 spiro atoms. The third-order valence-electron chi connectivity index (χ3n) is 2.05. The maximum Gasteiger partial charge on any atom is 0.197 e. The van der Waals surface area contributed by atoms with Gasteiger partial charge in [-0.3, -0.25) is 4.98 Å². The fourth-order valence-corrected chi connectivity index (χ4v) is 1.68. The van der Waals surface area contributed by atoms with Gasteiger partial charge in [0.15, 0.2) is 4.77 Å². The Hall–Kier alpha value is -1.55. The number of nitrogens with one attached hydrogen (secondary N) is 1. The number of aryl methyl sites for hydroxylation is 2. The van der Waals surface area contributed by atoms with Crippen LogP contribution in [0.25, 0.3) is 11.3 Å². The largest absolute Gasteiger partial charge is 0.335 e. The molecule has 0 saturated carbocycles. The molecule has 0 aliphatic rings. The highest BCUT2D eigenvalue weighted by Crippen LogP contribution is 2.16. The van der Waals surface area contributed by atoms with Crippen LogP contribution < -0.4 is 0 Å². The summed E-state index contributed by atoms with van der Waals surface area (Å²) < 4.78 is 0.506. The molecule has 0 radical (unpaired) electrons. The summed E-state index contributed by atoms with van der Waals surface area (Å²) >= 11 is 5.03. The Balaban J connectivity index is 2.59. The van der Waals surface area contributed by atoms with E-state index in [1.54, 1.807) is 6.20 Å². The lowest BCUT2D eigenvalue weighted by Crippen LogP contribution is -1.91. The topological polar surface area (TPSA) is 41.6 Å². The quantitative estimate of drug-likeness (QED) is 0.747. The molecule has 2 rings (SSSR count). The molecule has 0 aliphatic carbocycles. The van der Waals surface area contributed by atoms with Crippen LogP contribution in [0.15, 0.2) is 24.5 Å². The third kappa shape index (κ3) is 2.27. The van der Waals surface area contributed by atoms with Gasteiger partial charge in [0.25, 0.3) is 0 Å². The second-order valence-electron chi connectivity index (χ2n) is 3.51. The molecule has 0 saturated heterocycles. The van der Waals surface area contributed by atoms with Crippen LogP contribution in [0.4, 0.5) is 0 Å². The molecule has 0 bridgehead atoms. The standard InChI is InChI=1S/C11H11N3S/c1-7-3-9(6-12-5-7)10-4-8(2)13-11(15)14-10/h3-6H,1-2H3,(H,13,14,15). The molecule has 0 aromatic carbocycles. The van der Waals surface area contributed by atoms with E-state index in [9.17, 15) is 0 Å². The van der Waals surface area contributed by atoms with Gasteiger partial charge in [-0.05, 0) is 43.8 Å². The summed E-state index contributed by atoms with van der Waals surface area (Å²) in [5, 5.41) is 0. The van der Waals surface area contributed by atoms with Gasteiger partial charge in [0.1, 0.15) is 0 Å². The number of H-pyrrole nitrogens is 1. The Labute approximate surface area is 93.2 Å². The maximum atomic E-state index is 5.03. The van der Waals surface area contributed by atoms with Gasteiger partial charge in [0.05, 0.1) is 5.69 Å². The normalized spacial score (nSPS) is 10.3. The van der Waals surface area contributed by atoms with Crippen LogP contribution in [0.3, 0.4) is 0 Å². The molecule has 0 fully saturated rings. The molecule has 15 heavy (non-hydrogen) atoms. The minimum Gasteiger partial charge on any atom is -0.335 e. The van der Waals surface area contributed by atoms with Gasteiger partial charge in [-0.1, -0.05) is 0 Å². The average Bonchev–Trinajstić information content (AvgIpc) is 2.16. The van der Waals surface area contributed by atoms with Crippen LogP contribution in [-0.4, -0.2) is 15.0 Å². The van der Waals surface area contributed by atoms with Crippen molar-refractivity contribution >= 4 is 12.2 Å². The van der Waals surface area contributed by atoms with Gasteiger partial charge in [-0.25, -0.2) is 4.98 Å². The predicted molar refractivity (Wildman–Crippen MR) is 62.1 cm³/mol. The molecule has 2 aromatic rings. The summed E-state index contributed by atoms with van der Waals surface area (Å²) in [4.78, 5) is 11.4. The van der Waals surface area contributed by atoms with Crippen molar-refractivity contribution < 1.29 is 0 Å². The summed E-state index contributed by atoms with van der Waals surface area (Å²) in [6.45, 7) is 3.97. The first-order valence-electron chi connectivity index (χ1n) is 4.65. The minimum atomic E-state index is 0.506. The van der Waals surface area contributed by atoms with Crippen molar-refractivity contribution in [3.8, 4) is 11.3 Å². The summed E-state index contributed by atoms with van der Waals surface area (Å²) in [6.07, 6.45) is 3.61. The number of rotatable bonds is 1. The summed E-state index contributed by atoms with van der Waals surface area (Å²) in [5.41, 5.74) is 3.99. The highest BCUT2D eigenvalue weighted by molar-refractivity contribution is 7.71. The van der Waals surface area contributed by atoms with Crippen LogP contribution in [0.2, 0.25) is 0 Å². The number of aromatic amines is 1. The minimum absolute atomic E-state index is 0.506. The molecule has 2 heterocycles. The van der Waals surface area contributed by atoms with E-state index < -0.39 is 0 Å². The van der Waals surface area contributed by atoms with Gasteiger partial charge in [0.2, 0.25) is 0 Å². The van der Waals surface area contributed by atoms with E-state index in [-0.39, 0.29) is 0 Å². The zero-order valence-corrected chi connectivity index (χ0v) is 9.43. The van der Waals surface area contributed by atoms with Gasteiger partial charge in [-0.2, -0.15) is 0 Å². The van der Waals surface area contributed by atoms with Gasteiger partial charge in [-0.15, -0.1) is 0 Å². The molecule has 2 aromatic heterocycles. The van der Waals surface area contributed by atoms with Crippen molar-refractivity contribution in [2.45, 2.75) is 13.8 Å². The van der Waals surface area contributed by atoms with Crippen molar-refractivity contribution in [3.63, 3.8) is 0 Å². The van der Waals surface area contributed by atoms with Crippen LogP contribution in [0.5, 0.6) is 0 Å². The number of aromatic nitrogens is 3. The predicted octanol–water partition coefficient (Wildman–Crippen LogP) is 2.82. The Morgan fingerprint density at radius 1 is 1.20 bits per heavy atom. The summed E-state index contributed by atoms with van der Waals surface area (Å²) in [7, 11) is 0. The molecule has 76 valence electrons. The van der Waals surface area contributed by atoms with E-state index in [2.05, 4.69) is 15.0 Å². The smallest absolute Gasteiger partial charge is 0.197 e.